The topological polar surface area (TPSA) is 67.9 Å². The molecule has 2 aliphatic carbocycles. The Balaban J connectivity index is 1.77. The highest BCUT2D eigenvalue weighted by Crippen LogP contribution is 2.47. The zero-order chi connectivity index (χ0) is 21.9. The maximum absolute atomic E-state index is 13.9. The molecule has 0 aromatic heterocycles. The average Bonchev–Trinajstić information content (AvgIpc) is 3.25. The third-order valence-electron chi connectivity index (χ3n) is 5.36. The van der Waals surface area contributed by atoms with Crippen LogP contribution in [0.25, 0.3) is 11.1 Å². The number of aryl methyl sites for hydroxylation is 1. The number of rotatable bonds is 1. The van der Waals surface area contributed by atoms with Gasteiger partial charge in [0.25, 0.3) is 5.69 Å². The lowest BCUT2D eigenvalue weighted by Crippen LogP contribution is -2.10. The van der Waals surface area contributed by atoms with Crippen molar-refractivity contribution in [3.8, 4) is 11.1 Å². The van der Waals surface area contributed by atoms with Gasteiger partial charge in [0.15, 0.2) is 5.17 Å². The normalized spacial score (nSPS) is 20.3. The summed E-state index contributed by atoms with van der Waals surface area (Å²) < 4.78 is 41.7. The lowest BCUT2D eigenvalue weighted by molar-refractivity contribution is -0.385. The Bertz CT molecular complexity index is 1280. The van der Waals surface area contributed by atoms with E-state index >= 15 is 0 Å². The highest BCUT2D eigenvalue weighted by Gasteiger charge is 2.41. The molecule has 31 heavy (non-hydrogen) atoms. The fraction of sp³-hybridized carbons (Fsp3) is 0.182. The molecule has 156 valence electrons. The second-order valence-electron chi connectivity index (χ2n) is 7.44. The molecule has 1 atom stereocenters. The van der Waals surface area contributed by atoms with Gasteiger partial charge in [-0.3, -0.25) is 10.1 Å². The van der Waals surface area contributed by atoms with Crippen LogP contribution in [0.5, 0.6) is 0 Å². The molecular formula is C22H14F3N3O2S. The van der Waals surface area contributed by atoms with Gasteiger partial charge in [0.2, 0.25) is 0 Å². The average molecular weight is 441 g/mol. The highest BCUT2D eigenvalue weighted by molar-refractivity contribution is 8.14. The van der Waals surface area contributed by atoms with Crippen LogP contribution in [0.2, 0.25) is 0 Å². The lowest BCUT2D eigenvalue weighted by Gasteiger charge is -2.12. The summed E-state index contributed by atoms with van der Waals surface area (Å²) in [4.78, 5) is 19.7. The van der Waals surface area contributed by atoms with Gasteiger partial charge in [-0.05, 0) is 31.1 Å². The molecule has 5 nitrogen and oxygen atoms in total. The van der Waals surface area contributed by atoms with Crippen molar-refractivity contribution in [3.05, 3.63) is 86.6 Å². The van der Waals surface area contributed by atoms with Gasteiger partial charge in [-0.2, -0.15) is 13.2 Å². The molecular weight excluding hydrogens is 427 g/mol. The van der Waals surface area contributed by atoms with E-state index < -0.39 is 22.4 Å². The predicted octanol–water partition coefficient (Wildman–Crippen LogP) is 6.06. The molecule has 0 N–H and O–H groups in total. The van der Waals surface area contributed by atoms with Gasteiger partial charge < -0.3 is 0 Å². The van der Waals surface area contributed by atoms with E-state index in [4.69, 9.17) is 0 Å². The van der Waals surface area contributed by atoms with Crippen molar-refractivity contribution in [2.75, 3.05) is 0 Å². The third kappa shape index (κ3) is 3.29. The van der Waals surface area contributed by atoms with Crippen molar-refractivity contribution in [2.45, 2.75) is 24.8 Å². The number of halogens is 3. The number of benzene rings is 2. The SMILES string of the molecule is Cc1ccc2c(c1)C(=NC1=NC3=CC=CCC3S1)c1cc([N+](=O)[O-])cc(C(F)(F)F)c1-2. The molecule has 5 rings (SSSR count). The number of hydrogen-bond donors (Lipinski definition) is 0. The second kappa shape index (κ2) is 6.91. The van der Waals surface area contributed by atoms with Crippen LogP contribution in [0.1, 0.15) is 28.7 Å². The molecule has 1 aliphatic heterocycles. The van der Waals surface area contributed by atoms with Crippen LogP contribution in [-0.4, -0.2) is 21.1 Å². The van der Waals surface area contributed by atoms with Crippen molar-refractivity contribution in [1.82, 2.24) is 0 Å². The Morgan fingerprint density at radius 3 is 2.71 bits per heavy atom. The zero-order valence-electron chi connectivity index (χ0n) is 16.1. The first-order valence-electron chi connectivity index (χ1n) is 9.44. The van der Waals surface area contributed by atoms with Gasteiger partial charge >= 0.3 is 6.18 Å². The Morgan fingerprint density at radius 2 is 2.00 bits per heavy atom. The van der Waals surface area contributed by atoms with Gasteiger partial charge in [0.05, 0.1) is 27.1 Å². The number of fused-ring (bicyclic) bond motifs is 4. The molecule has 9 heteroatoms. The minimum Gasteiger partial charge on any atom is -0.258 e. The Hall–Kier alpha value is -3.20. The molecule has 0 saturated heterocycles. The van der Waals surface area contributed by atoms with Gasteiger partial charge in [0.1, 0.15) is 0 Å². The fourth-order valence-corrected chi connectivity index (χ4v) is 5.01. The van der Waals surface area contributed by atoms with Crippen molar-refractivity contribution in [1.29, 1.82) is 0 Å². The summed E-state index contributed by atoms with van der Waals surface area (Å²) in [5.74, 6) is 0. The van der Waals surface area contributed by atoms with Crippen LogP contribution < -0.4 is 0 Å². The van der Waals surface area contributed by atoms with Crippen molar-refractivity contribution >= 4 is 28.3 Å². The quantitative estimate of drug-likeness (QED) is 0.341. The monoisotopic (exact) mass is 441 g/mol. The van der Waals surface area contributed by atoms with E-state index in [1.807, 2.05) is 25.2 Å². The van der Waals surface area contributed by atoms with Crippen molar-refractivity contribution < 1.29 is 18.1 Å². The first-order valence-corrected chi connectivity index (χ1v) is 10.3. The maximum atomic E-state index is 13.9. The first-order chi connectivity index (χ1) is 14.7. The molecule has 1 heterocycles. The third-order valence-corrected chi connectivity index (χ3v) is 6.47. The number of hydrogen-bond acceptors (Lipinski definition) is 5. The maximum Gasteiger partial charge on any atom is 0.417 e. The number of nitrogens with zero attached hydrogens (tertiary/aromatic N) is 3. The minimum absolute atomic E-state index is 0.0752. The first kappa shape index (κ1) is 19.7. The molecule has 0 saturated carbocycles. The number of non-ortho nitro benzene ring substituents is 1. The summed E-state index contributed by atoms with van der Waals surface area (Å²) in [6.45, 7) is 1.83. The van der Waals surface area contributed by atoms with Gasteiger partial charge in [0, 0.05) is 28.8 Å². The molecule has 2 aromatic rings. The van der Waals surface area contributed by atoms with Crippen LogP contribution in [0, 0.1) is 17.0 Å². The summed E-state index contributed by atoms with van der Waals surface area (Å²) in [7, 11) is 0. The van der Waals surface area contributed by atoms with E-state index in [0.29, 0.717) is 22.4 Å². The molecule has 0 fully saturated rings. The van der Waals surface area contributed by atoms with Crippen LogP contribution in [0.3, 0.4) is 0 Å². The molecule has 0 bridgehead atoms. The summed E-state index contributed by atoms with van der Waals surface area (Å²) in [6, 6.07) is 6.86. The van der Waals surface area contributed by atoms with Crippen LogP contribution in [0.4, 0.5) is 18.9 Å². The highest BCUT2D eigenvalue weighted by atomic mass is 32.2. The summed E-state index contributed by atoms with van der Waals surface area (Å²) in [6.07, 6.45) is 1.87. The molecule has 2 aromatic carbocycles. The number of nitro benzene ring substituents is 1. The molecule has 0 spiro atoms. The Labute approximate surface area is 179 Å². The van der Waals surface area contributed by atoms with Crippen molar-refractivity contribution in [3.63, 3.8) is 0 Å². The Kier molecular flexibility index (Phi) is 4.40. The summed E-state index contributed by atoms with van der Waals surface area (Å²) in [5, 5.41) is 11.9. The predicted molar refractivity (Wildman–Crippen MR) is 115 cm³/mol. The number of allylic oxidation sites excluding steroid dienone is 3. The molecule has 3 aliphatic rings. The van der Waals surface area contributed by atoms with E-state index in [0.717, 1.165) is 17.7 Å². The van der Waals surface area contributed by atoms with Crippen LogP contribution in [-0.2, 0) is 6.18 Å². The summed E-state index contributed by atoms with van der Waals surface area (Å²) >= 11 is 1.44. The molecule has 0 amide bonds. The Morgan fingerprint density at radius 1 is 1.19 bits per heavy atom. The van der Waals surface area contributed by atoms with E-state index in [1.165, 1.54) is 17.8 Å². The molecule has 1 unspecified atom stereocenters. The minimum atomic E-state index is -4.75. The number of nitro groups is 1. The van der Waals surface area contributed by atoms with E-state index in [9.17, 15) is 23.3 Å². The largest absolute Gasteiger partial charge is 0.417 e. The number of alkyl halides is 3. The summed E-state index contributed by atoms with van der Waals surface area (Å²) in [5.41, 5.74) is 1.25. The van der Waals surface area contributed by atoms with Gasteiger partial charge in [-0.1, -0.05) is 41.6 Å². The second-order valence-corrected chi connectivity index (χ2v) is 8.61. The van der Waals surface area contributed by atoms with E-state index in [-0.39, 0.29) is 22.1 Å². The fourth-order valence-electron chi connectivity index (χ4n) is 4.00. The number of amidine groups is 1. The number of aliphatic imine (C=N–C) groups is 2. The standard InChI is InChI=1S/C22H14F3N3O2S/c1-11-6-7-13-14(8-11)20(27-21-26-17-4-2-3-5-18(17)31-21)15-9-12(28(29)30)10-16(19(13)15)22(23,24)25/h2-4,6-10,18H,5H2,1H3. The molecule has 0 radical (unpaired) electrons. The van der Waals surface area contributed by atoms with Crippen LogP contribution >= 0.6 is 11.8 Å². The van der Waals surface area contributed by atoms with Gasteiger partial charge in [-0.25, -0.2) is 9.98 Å². The van der Waals surface area contributed by atoms with Gasteiger partial charge in [-0.15, -0.1) is 0 Å². The van der Waals surface area contributed by atoms with E-state index in [2.05, 4.69) is 9.98 Å². The smallest absolute Gasteiger partial charge is 0.258 e. The van der Waals surface area contributed by atoms with Crippen molar-refractivity contribution in [2.24, 2.45) is 9.98 Å². The zero-order valence-corrected chi connectivity index (χ0v) is 16.9. The lowest BCUT2D eigenvalue weighted by atomic mass is 9.97. The van der Waals surface area contributed by atoms with E-state index in [1.54, 1.807) is 18.2 Å². The number of thioether (sulfide) groups is 1. The van der Waals surface area contributed by atoms with Crippen LogP contribution in [0.15, 0.2) is 64.2 Å².